The number of amides is 1. The van der Waals surface area contributed by atoms with E-state index in [1.54, 1.807) is 7.11 Å². The second-order valence-corrected chi connectivity index (χ2v) is 7.08. The predicted molar refractivity (Wildman–Crippen MR) is 96.6 cm³/mol. The molecular weight excluding hydrogens is 314 g/mol. The number of fused-ring (bicyclic) bond motifs is 1. The Balaban J connectivity index is 1.63. The topological polar surface area (TPSA) is 47.4 Å². The van der Waals surface area contributed by atoms with Crippen LogP contribution in [0.5, 0.6) is 5.75 Å². The molecule has 1 atom stereocenters. The number of hydrogen-bond donors (Lipinski definition) is 0. The zero-order valence-electron chi connectivity index (χ0n) is 15.0. The number of ether oxygens (including phenoxy) is 1. The highest BCUT2D eigenvalue weighted by Crippen LogP contribution is 2.36. The molecule has 1 saturated heterocycles. The van der Waals surface area contributed by atoms with Crippen molar-refractivity contribution in [2.45, 2.75) is 39.2 Å². The van der Waals surface area contributed by atoms with Crippen molar-refractivity contribution in [1.29, 1.82) is 0 Å². The summed E-state index contributed by atoms with van der Waals surface area (Å²) in [6.45, 7) is 4.50. The summed E-state index contributed by atoms with van der Waals surface area (Å²) >= 11 is 0. The summed E-state index contributed by atoms with van der Waals surface area (Å²) in [5, 5.41) is 0. The lowest BCUT2D eigenvalue weighted by atomic mass is 10.0. The van der Waals surface area contributed by atoms with Crippen molar-refractivity contribution in [2.24, 2.45) is 5.92 Å². The number of aryl methyl sites for hydroxylation is 2. The minimum atomic E-state index is 0.268. The molecule has 2 aromatic rings. The molecule has 1 aromatic carbocycles. The minimum absolute atomic E-state index is 0.268. The summed E-state index contributed by atoms with van der Waals surface area (Å²) in [4.78, 5) is 18.6. The summed E-state index contributed by atoms with van der Waals surface area (Å²) in [5.74, 6) is 2.45. The summed E-state index contributed by atoms with van der Waals surface area (Å²) in [7, 11) is 1.72. The number of rotatable bonds is 5. The molecular formula is C20H25N3O2. The quantitative estimate of drug-likeness (QED) is 0.841. The third-order valence-electron chi connectivity index (χ3n) is 5.50. The van der Waals surface area contributed by atoms with E-state index in [0.29, 0.717) is 12.3 Å². The molecule has 4 rings (SSSR count). The van der Waals surface area contributed by atoms with Crippen LogP contribution in [0.4, 0.5) is 0 Å². The highest BCUT2D eigenvalue weighted by Gasteiger charge is 2.29. The number of likely N-dealkylation sites (tertiary alicyclic amines) is 1. The fourth-order valence-electron chi connectivity index (χ4n) is 4.21. The van der Waals surface area contributed by atoms with Crippen LogP contribution in [0, 0.1) is 5.92 Å². The van der Waals surface area contributed by atoms with E-state index in [9.17, 15) is 4.79 Å². The van der Waals surface area contributed by atoms with Crippen LogP contribution in [0.15, 0.2) is 24.5 Å². The monoisotopic (exact) mass is 339 g/mol. The molecule has 0 bridgehead atoms. The molecule has 1 aliphatic heterocycles. The van der Waals surface area contributed by atoms with Gasteiger partial charge in [0.2, 0.25) is 5.91 Å². The van der Waals surface area contributed by atoms with E-state index in [2.05, 4.69) is 21.7 Å². The van der Waals surface area contributed by atoms with Crippen LogP contribution in [0.25, 0.3) is 11.4 Å². The number of aromatic nitrogens is 2. The Morgan fingerprint density at radius 3 is 2.80 bits per heavy atom. The van der Waals surface area contributed by atoms with E-state index >= 15 is 0 Å². The molecule has 1 fully saturated rings. The number of hydrogen-bond acceptors (Lipinski definition) is 3. The van der Waals surface area contributed by atoms with Crippen molar-refractivity contribution in [3.05, 3.63) is 35.7 Å². The van der Waals surface area contributed by atoms with Crippen LogP contribution < -0.4 is 4.74 Å². The molecule has 1 aliphatic carbocycles. The van der Waals surface area contributed by atoms with E-state index in [0.717, 1.165) is 49.6 Å². The van der Waals surface area contributed by atoms with Gasteiger partial charge in [0.25, 0.3) is 0 Å². The lowest BCUT2D eigenvalue weighted by Gasteiger charge is -2.17. The maximum absolute atomic E-state index is 12.0. The van der Waals surface area contributed by atoms with Gasteiger partial charge in [0.1, 0.15) is 11.6 Å². The van der Waals surface area contributed by atoms with Gasteiger partial charge in [-0.15, -0.1) is 0 Å². The third kappa shape index (κ3) is 2.92. The molecule has 0 spiro atoms. The van der Waals surface area contributed by atoms with Crippen molar-refractivity contribution in [3.63, 3.8) is 0 Å². The average Bonchev–Trinajstić information content (AvgIpc) is 3.33. The first-order valence-electron chi connectivity index (χ1n) is 9.18. The Morgan fingerprint density at radius 2 is 2.08 bits per heavy atom. The van der Waals surface area contributed by atoms with Crippen LogP contribution in [0.3, 0.4) is 0 Å². The number of imidazole rings is 1. The number of methoxy groups -OCH3 is 1. The van der Waals surface area contributed by atoms with Gasteiger partial charge in [-0.2, -0.15) is 0 Å². The molecule has 2 aliphatic rings. The van der Waals surface area contributed by atoms with Crippen molar-refractivity contribution >= 4 is 5.91 Å². The van der Waals surface area contributed by atoms with Crippen LogP contribution in [0.2, 0.25) is 0 Å². The first-order valence-corrected chi connectivity index (χ1v) is 9.18. The second kappa shape index (κ2) is 6.54. The third-order valence-corrected chi connectivity index (χ3v) is 5.50. The van der Waals surface area contributed by atoms with E-state index in [1.165, 1.54) is 17.5 Å². The van der Waals surface area contributed by atoms with Gasteiger partial charge in [-0.1, -0.05) is 0 Å². The van der Waals surface area contributed by atoms with Gasteiger partial charge < -0.3 is 14.2 Å². The average molecular weight is 339 g/mol. The van der Waals surface area contributed by atoms with Gasteiger partial charge in [0.15, 0.2) is 0 Å². The van der Waals surface area contributed by atoms with Crippen LogP contribution >= 0.6 is 0 Å². The van der Waals surface area contributed by atoms with Crippen LogP contribution in [0.1, 0.15) is 30.9 Å². The van der Waals surface area contributed by atoms with E-state index in [4.69, 9.17) is 4.74 Å². The molecule has 0 radical (unpaired) electrons. The zero-order chi connectivity index (χ0) is 17.4. The normalized spacial score (nSPS) is 19.5. The Kier molecular flexibility index (Phi) is 4.24. The van der Waals surface area contributed by atoms with Crippen molar-refractivity contribution < 1.29 is 9.53 Å². The van der Waals surface area contributed by atoms with Crippen LogP contribution in [-0.2, 0) is 24.2 Å². The van der Waals surface area contributed by atoms with Gasteiger partial charge in [-0.3, -0.25) is 4.79 Å². The fourth-order valence-corrected chi connectivity index (χ4v) is 4.21. The summed E-state index contributed by atoms with van der Waals surface area (Å²) < 4.78 is 7.83. The van der Waals surface area contributed by atoms with Crippen LogP contribution in [-0.4, -0.2) is 40.6 Å². The highest BCUT2D eigenvalue weighted by molar-refractivity contribution is 5.78. The van der Waals surface area contributed by atoms with Gasteiger partial charge in [0.05, 0.1) is 12.7 Å². The van der Waals surface area contributed by atoms with E-state index in [1.807, 2.05) is 24.2 Å². The second-order valence-electron chi connectivity index (χ2n) is 7.08. The Morgan fingerprint density at radius 1 is 1.28 bits per heavy atom. The molecule has 1 amide bonds. The number of benzene rings is 1. The SMILES string of the molecule is CCN1C[C@H](Cn2ccnc2-c2cc3c(cc2OC)CCC3)CC1=O. The molecule has 132 valence electrons. The van der Waals surface area contributed by atoms with Gasteiger partial charge in [-0.05, 0) is 49.4 Å². The van der Waals surface area contributed by atoms with E-state index in [-0.39, 0.29) is 5.91 Å². The maximum Gasteiger partial charge on any atom is 0.222 e. The Hall–Kier alpha value is -2.30. The molecule has 25 heavy (non-hydrogen) atoms. The fraction of sp³-hybridized carbons (Fsp3) is 0.500. The van der Waals surface area contributed by atoms with Gasteiger partial charge in [0, 0.05) is 44.4 Å². The molecule has 0 saturated carbocycles. The molecule has 0 unspecified atom stereocenters. The lowest BCUT2D eigenvalue weighted by Crippen LogP contribution is -2.25. The number of carbonyl (C=O) groups excluding carboxylic acids is 1. The molecule has 2 heterocycles. The molecule has 5 nitrogen and oxygen atoms in total. The largest absolute Gasteiger partial charge is 0.496 e. The molecule has 0 N–H and O–H groups in total. The highest BCUT2D eigenvalue weighted by atomic mass is 16.5. The minimum Gasteiger partial charge on any atom is -0.496 e. The molecule has 5 heteroatoms. The van der Waals surface area contributed by atoms with Crippen molar-refractivity contribution in [2.75, 3.05) is 20.2 Å². The van der Waals surface area contributed by atoms with Gasteiger partial charge >= 0.3 is 0 Å². The smallest absolute Gasteiger partial charge is 0.222 e. The zero-order valence-corrected chi connectivity index (χ0v) is 15.0. The first kappa shape index (κ1) is 16.2. The van der Waals surface area contributed by atoms with Gasteiger partial charge in [-0.25, -0.2) is 4.98 Å². The predicted octanol–water partition coefficient (Wildman–Crippen LogP) is 2.92. The first-order chi connectivity index (χ1) is 12.2. The summed E-state index contributed by atoms with van der Waals surface area (Å²) in [6.07, 6.45) is 7.98. The summed E-state index contributed by atoms with van der Waals surface area (Å²) in [6, 6.07) is 4.42. The van der Waals surface area contributed by atoms with Crippen molar-refractivity contribution in [3.8, 4) is 17.1 Å². The molecule has 1 aromatic heterocycles. The summed E-state index contributed by atoms with van der Waals surface area (Å²) in [5.41, 5.74) is 3.88. The Labute approximate surface area is 148 Å². The number of nitrogens with zero attached hydrogens (tertiary/aromatic N) is 3. The standard InChI is InChI=1S/C20H25N3O2/c1-3-22-12-14(9-19(22)24)13-23-8-7-21-20(23)17-10-15-5-4-6-16(15)11-18(17)25-2/h7-8,10-11,14H,3-6,9,12-13H2,1-2H3/t14-/m1/s1. The maximum atomic E-state index is 12.0. The number of carbonyl (C=O) groups is 1. The van der Waals surface area contributed by atoms with Crippen molar-refractivity contribution in [1.82, 2.24) is 14.5 Å². The Bertz CT molecular complexity index is 796. The lowest BCUT2D eigenvalue weighted by molar-refractivity contribution is -0.127. The van der Waals surface area contributed by atoms with E-state index < -0.39 is 0 Å².